The average Bonchev–Trinajstić information content (AvgIpc) is 3.50. The topological polar surface area (TPSA) is 107 Å². The number of nitrogens with zero attached hydrogens (tertiary/aromatic N) is 5. The van der Waals surface area contributed by atoms with Gasteiger partial charge in [-0.05, 0) is 18.1 Å². The lowest BCUT2D eigenvalue weighted by Crippen LogP contribution is -2.34. The summed E-state index contributed by atoms with van der Waals surface area (Å²) < 4.78 is 53.9. The fourth-order valence-electron chi connectivity index (χ4n) is 4.28. The van der Waals surface area contributed by atoms with Gasteiger partial charge in [0, 0.05) is 23.9 Å². The first kappa shape index (κ1) is 21.0. The first-order valence-corrected chi connectivity index (χ1v) is 13.7. The second-order valence-corrected chi connectivity index (χ2v) is 12.4. The van der Waals surface area contributed by atoms with Crippen molar-refractivity contribution in [3.8, 4) is 0 Å². The molecule has 1 atom stereocenters. The van der Waals surface area contributed by atoms with E-state index in [9.17, 15) is 16.8 Å². The summed E-state index contributed by atoms with van der Waals surface area (Å²) in [6, 6.07) is 10.7. The van der Waals surface area contributed by atoms with Gasteiger partial charge in [-0.3, -0.25) is 0 Å². The Hall–Kier alpha value is -2.92. The summed E-state index contributed by atoms with van der Waals surface area (Å²) >= 11 is 0. The first-order chi connectivity index (χ1) is 15.3. The van der Waals surface area contributed by atoms with Crippen molar-refractivity contribution in [2.75, 3.05) is 23.9 Å². The highest BCUT2D eigenvalue weighted by Crippen LogP contribution is 2.27. The molecule has 1 aromatic carbocycles. The van der Waals surface area contributed by atoms with Gasteiger partial charge in [0.05, 0.1) is 23.7 Å². The van der Waals surface area contributed by atoms with Gasteiger partial charge in [0.15, 0.2) is 15.5 Å². The van der Waals surface area contributed by atoms with E-state index in [1.54, 1.807) is 49.8 Å². The van der Waals surface area contributed by atoms with Crippen molar-refractivity contribution < 1.29 is 16.8 Å². The van der Waals surface area contributed by atoms with Crippen molar-refractivity contribution in [1.82, 2.24) is 18.6 Å². The number of hydrogen-bond acceptors (Lipinski definition) is 7. The molecule has 1 aliphatic heterocycles. The molecule has 0 bridgehead atoms. The van der Waals surface area contributed by atoms with Crippen molar-refractivity contribution in [2.24, 2.45) is 0 Å². The maximum absolute atomic E-state index is 13.1. The van der Waals surface area contributed by atoms with E-state index >= 15 is 0 Å². The van der Waals surface area contributed by atoms with Gasteiger partial charge >= 0.3 is 0 Å². The summed E-state index contributed by atoms with van der Waals surface area (Å²) in [4.78, 5) is 8.79. The Morgan fingerprint density at radius 1 is 1.06 bits per heavy atom. The van der Waals surface area contributed by atoms with Crippen molar-refractivity contribution in [2.45, 2.75) is 24.3 Å². The van der Waals surface area contributed by atoms with Gasteiger partial charge in [0.1, 0.15) is 17.4 Å². The molecule has 168 valence electrons. The van der Waals surface area contributed by atoms with Gasteiger partial charge in [0.2, 0.25) is 10.0 Å². The van der Waals surface area contributed by atoms with Gasteiger partial charge in [-0.2, -0.15) is 0 Å². The van der Waals surface area contributed by atoms with Crippen molar-refractivity contribution in [3.05, 3.63) is 60.7 Å². The predicted octanol–water partition coefficient (Wildman–Crippen LogP) is 1.91. The molecule has 0 amide bonds. The lowest BCUT2D eigenvalue weighted by atomic mass is 10.2. The molecule has 0 spiro atoms. The molecule has 1 saturated heterocycles. The zero-order valence-corrected chi connectivity index (χ0v) is 19.1. The number of imidazole rings is 1. The van der Waals surface area contributed by atoms with Crippen LogP contribution in [0.3, 0.4) is 0 Å². The monoisotopic (exact) mass is 473 g/mol. The molecule has 32 heavy (non-hydrogen) atoms. The summed E-state index contributed by atoms with van der Waals surface area (Å²) in [7, 11) is -6.81. The van der Waals surface area contributed by atoms with Gasteiger partial charge in [-0.1, -0.05) is 37.3 Å². The average molecular weight is 474 g/mol. The Morgan fingerprint density at radius 2 is 1.84 bits per heavy atom. The van der Waals surface area contributed by atoms with E-state index in [2.05, 4.69) is 9.97 Å². The Kier molecular flexibility index (Phi) is 4.97. The van der Waals surface area contributed by atoms with E-state index in [1.807, 2.05) is 15.8 Å². The van der Waals surface area contributed by atoms with E-state index in [0.717, 1.165) is 5.52 Å². The number of fused-ring (bicyclic) bond motifs is 3. The Bertz CT molecular complexity index is 1510. The van der Waals surface area contributed by atoms with Crippen LogP contribution in [0.15, 0.2) is 55.1 Å². The molecule has 3 aromatic heterocycles. The highest BCUT2D eigenvalue weighted by molar-refractivity contribution is 7.92. The van der Waals surface area contributed by atoms with Crippen LogP contribution in [0.4, 0.5) is 0 Å². The van der Waals surface area contributed by atoms with Gasteiger partial charge in [0.25, 0.3) is 0 Å². The molecule has 5 rings (SSSR count). The minimum Gasteiger partial charge on any atom is -0.310 e. The van der Waals surface area contributed by atoms with Crippen LogP contribution in [0, 0.1) is 0 Å². The first-order valence-electron chi connectivity index (χ1n) is 10.4. The zero-order chi connectivity index (χ0) is 22.5. The molecule has 1 unspecified atom stereocenters. The molecule has 11 heteroatoms. The molecule has 9 nitrogen and oxygen atoms in total. The van der Waals surface area contributed by atoms with Crippen LogP contribution in [0.2, 0.25) is 0 Å². The van der Waals surface area contributed by atoms with E-state index in [0.29, 0.717) is 41.6 Å². The molecule has 0 N–H and O–H groups in total. The van der Waals surface area contributed by atoms with Crippen LogP contribution in [0.5, 0.6) is 0 Å². The van der Waals surface area contributed by atoms with Crippen molar-refractivity contribution >= 4 is 41.9 Å². The molecule has 1 aliphatic rings. The summed E-state index contributed by atoms with van der Waals surface area (Å²) in [6.07, 6.45) is 5.26. The van der Waals surface area contributed by atoms with Crippen LogP contribution < -0.4 is 5.01 Å². The smallest absolute Gasteiger partial charge is 0.244 e. The van der Waals surface area contributed by atoms with Crippen LogP contribution in [-0.2, 0) is 25.6 Å². The van der Waals surface area contributed by atoms with Crippen LogP contribution in [0.1, 0.15) is 18.9 Å². The largest absolute Gasteiger partial charge is 0.310 e. The molecule has 1 fully saturated rings. The standard InChI is InChI=1S/C21H23N5O4S2/c1-2-31(27,28)17-8-10-24(13-17)25-15-23-19-12-22-21-18(20(19)25)9-11-26(21)32(29,30)14-16-6-4-3-5-7-16/h3-7,9,11-12,15,17H,2,8,10,13-14H2,1H3. The number of hydrogen-bond donors (Lipinski definition) is 0. The minimum absolute atomic E-state index is 0.118. The predicted molar refractivity (Wildman–Crippen MR) is 123 cm³/mol. The third-order valence-corrected chi connectivity index (χ3v) is 9.80. The lowest BCUT2D eigenvalue weighted by molar-refractivity contribution is 0.582. The number of aromatic nitrogens is 4. The maximum Gasteiger partial charge on any atom is 0.244 e. The number of sulfone groups is 1. The summed E-state index contributed by atoms with van der Waals surface area (Å²) in [6.45, 7) is 2.61. The van der Waals surface area contributed by atoms with Gasteiger partial charge < -0.3 is 5.01 Å². The second kappa shape index (κ2) is 7.59. The van der Waals surface area contributed by atoms with Crippen LogP contribution >= 0.6 is 0 Å². The SMILES string of the molecule is CCS(=O)(=O)C1CCN(n2cnc3cnc4c(ccn4S(=O)(=O)Cc4ccccc4)c32)C1. The summed E-state index contributed by atoms with van der Waals surface area (Å²) in [5.41, 5.74) is 2.36. The Balaban J connectivity index is 1.56. The number of pyridine rings is 1. The third-order valence-electron chi connectivity index (χ3n) is 6.00. The molecule has 4 heterocycles. The van der Waals surface area contributed by atoms with Crippen LogP contribution in [-0.4, -0.2) is 59.5 Å². The van der Waals surface area contributed by atoms with Gasteiger partial charge in [-0.15, -0.1) is 0 Å². The fraction of sp³-hybridized carbons (Fsp3) is 0.333. The van der Waals surface area contributed by atoms with E-state index < -0.39 is 25.1 Å². The molecule has 0 radical (unpaired) electrons. The zero-order valence-electron chi connectivity index (χ0n) is 17.5. The van der Waals surface area contributed by atoms with Crippen molar-refractivity contribution in [1.29, 1.82) is 0 Å². The molecule has 0 saturated carbocycles. The van der Waals surface area contributed by atoms with E-state index in [-0.39, 0.29) is 11.5 Å². The third kappa shape index (κ3) is 3.45. The molecule has 4 aromatic rings. The highest BCUT2D eigenvalue weighted by atomic mass is 32.2. The van der Waals surface area contributed by atoms with Gasteiger partial charge in [-0.25, -0.2) is 35.5 Å². The number of benzene rings is 1. The Morgan fingerprint density at radius 3 is 2.59 bits per heavy atom. The fourth-order valence-corrected chi connectivity index (χ4v) is 7.02. The van der Waals surface area contributed by atoms with Crippen LogP contribution in [0.25, 0.3) is 22.1 Å². The maximum atomic E-state index is 13.1. The van der Waals surface area contributed by atoms with Crippen molar-refractivity contribution in [3.63, 3.8) is 0 Å². The normalized spacial score (nSPS) is 17.5. The Labute approximate surface area is 186 Å². The number of rotatable bonds is 6. The van der Waals surface area contributed by atoms with E-state index in [1.165, 1.54) is 10.2 Å². The second-order valence-electron chi connectivity index (χ2n) is 7.95. The molecular formula is C21H23N5O4S2. The van der Waals surface area contributed by atoms with E-state index in [4.69, 9.17) is 0 Å². The summed E-state index contributed by atoms with van der Waals surface area (Å²) in [5, 5.41) is 2.18. The minimum atomic E-state index is -3.68. The molecular weight excluding hydrogens is 450 g/mol. The quantitative estimate of drug-likeness (QED) is 0.421. The molecule has 0 aliphatic carbocycles. The lowest BCUT2D eigenvalue weighted by Gasteiger charge is -2.20. The summed E-state index contributed by atoms with van der Waals surface area (Å²) in [5.74, 6) is -0.0221. The highest BCUT2D eigenvalue weighted by Gasteiger charge is 2.33.